The summed E-state index contributed by atoms with van der Waals surface area (Å²) < 4.78 is 10.9. The van der Waals surface area contributed by atoms with E-state index in [1.165, 1.54) is 12.8 Å². The molecule has 0 aromatic rings. The molecule has 0 bridgehead atoms. The molecule has 1 heterocycles. The minimum Gasteiger partial charge on any atom is -0.381 e. The van der Waals surface area contributed by atoms with Crippen LogP contribution in [0.5, 0.6) is 0 Å². The lowest BCUT2D eigenvalue weighted by Gasteiger charge is -2.33. The summed E-state index contributed by atoms with van der Waals surface area (Å²) >= 11 is 0. The van der Waals surface area contributed by atoms with Crippen molar-refractivity contribution in [2.75, 3.05) is 32.9 Å². The fraction of sp³-hybridized carbons (Fsp3) is 1.00. The Kier molecular flexibility index (Phi) is 6.32. The summed E-state index contributed by atoms with van der Waals surface area (Å²) in [6.45, 7) is 11.4. The average Bonchev–Trinajstić information content (AvgIpc) is 2.24. The third kappa shape index (κ3) is 5.83. The first-order valence-electron chi connectivity index (χ1n) is 6.52. The van der Waals surface area contributed by atoms with Crippen molar-refractivity contribution in [2.45, 2.75) is 46.1 Å². The number of hydrogen-bond acceptors (Lipinski definition) is 3. The van der Waals surface area contributed by atoms with Crippen LogP contribution in [0.3, 0.4) is 0 Å². The second-order valence-electron chi connectivity index (χ2n) is 5.37. The molecule has 3 heteroatoms. The Morgan fingerprint density at radius 1 is 1.31 bits per heavy atom. The maximum atomic E-state index is 5.50. The summed E-state index contributed by atoms with van der Waals surface area (Å²) in [6.07, 6.45) is 3.82. The molecule has 0 unspecified atom stereocenters. The fourth-order valence-corrected chi connectivity index (χ4v) is 1.95. The molecule has 0 aromatic carbocycles. The van der Waals surface area contributed by atoms with Crippen LogP contribution in [-0.4, -0.2) is 39.0 Å². The van der Waals surface area contributed by atoms with Crippen LogP contribution in [-0.2, 0) is 9.47 Å². The van der Waals surface area contributed by atoms with E-state index >= 15 is 0 Å². The van der Waals surface area contributed by atoms with Crippen molar-refractivity contribution in [1.29, 1.82) is 0 Å². The van der Waals surface area contributed by atoms with E-state index in [1.54, 1.807) is 0 Å². The van der Waals surface area contributed by atoms with E-state index in [4.69, 9.17) is 9.47 Å². The van der Waals surface area contributed by atoms with E-state index in [9.17, 15) is 0 Å². The zero-order chi connectivity index (χ0) is 11.9. The third-order valence-electron chi connectivity index (χ3n) is 3.20. The first-order chi connectivity index (χ1) is 7.62. The standard InChI is InChI=1S/C13H27NO2/c1-12(2)16-8-4-7-14-11-13(3)5-9-15-10-6-13/h12,14H,4-11H2,1-3H3. The van der Waals surface area contributed by atoms with Gasteiger partial charge in [-0.15, -0.1) is 0 Å². The molecule has 0 aromatic heterocycles. The van der Waals surface area contributed by atoms with Crippen LogP contribution in [0.2, 0.25) is 0 Å². The smallest absolute Gasteiger partial charge is 0.0518 e. The first-order valence-corrected chi connectivity index (χ1v) is 6.52. The zero-order valence-corrected chi connectivity index (χ0v) is 11.1. The monoisotopic (exact) mass is 229 g/mol. The van der Waals surface area contributed by atoms with Gasteiger partial charge in [-0.25, -0.2) is 0 Å². The van der Waals surface area contributed by atoms with Gasteiger partial charge in [0.2, 0.25) is 0 Å². The van der Waals surface area contributed by atoms with Crippen molar-refractivity contribution >= 4 is 0 Å². The summed E-state index contributed by atoms with van der Waals surface area (Å²) in [5.41, 5.74) is 0.442. The molecule has 0 aliphatic carbocycles. The molecule has 96 valence electrons. The molecular formula is C13H27NO2. The summed E-state index contributed by atoms with van der Waals surface area (Å²) in [5, 5.41) is 3.53. The molecule has 1 saturated heterocycles. The van der Waals surface area contributed by atoms with E-state index in [2.05, 4.69) is 26.1 Å². The van der Waals surface area contributed by atoms with Crippen LogP contribution in [0.15, 0.2) is 0 Å². The van der Waals surface area contributed by atoms with E-state index < -0.39 is 0 Å². The third-order valence-corrected chi connectivity index (χ3v) is 3.20. The predicted molar refractivity (Wildman–Crippen MR) is 66.7 cm³/mol. The van der Waals surface area contributed by atoms with Crippen molar-refractivity contribution in [3.63, 3.8) is 0 Å². The lowest BCUT2D eigenvalue weighted by Crippen LogP contribution is -2.37. The summed E-state index contributed by atoms with van der Waals surface area (Å²) in [6, 6.07) is 0. The molecule has 1 N–H and O–H groups in total. The van der Waals surface area contributed by atoms with Gasteiger partial charge in [-0.1, -0.05) is 6.92 Å². The van der Waals surface area contributed by atoms with Gasteiger partial charge in [0, 0.05) is 26.4 Å². The van der Waals surface area contributed by atoms with Gasteiger partial charge >= 0.3 is 0 Å². The first kappa shape index (κ1) is 13.9. The molecule has 1 aliphatic heterocycles. The predicted octanol–water partition coefficient (Wildman–Crippen LogP) is 2.21. The van der Waals surface area contributed by atoms with Crippen molar-refractivity contribution in [1.82, 2.24) is 5.32 Å². The maximum Gasteiger partial charge on any atom is 0.0518 e. The number of rotatable bonds is 7. The number of ether oxygens (including phenoxy) is 2. The van der Waals surface area contributed by atoms with Crippen LogP contribution in [0.1, 0.15) is 40.0 Å². The molecule has 3 nitrogen and oxygen atoms in total. The van der Waals surface area contributed by atoms with Gasteiger partial charge in [0.25, 0.3) is 0 Å². The highest BCUT2D eigenvalue weighted by atomic mass is 16.5. The minimum absolute atomic E-state index is 0.355. The Bertz CT molecular complexity index is 177. The highest BCUT2D eigenvalue weighted by Crippen LogP contribution is 2.28. The Morgan fingerprint density at radius 3 is 2.62 bits per heavy atom. The maximum absolute atomic E-state index is 5.50. The quantitative estimate of drug-likeness (QED) is 0.679. The van der Waals surface area contributed by atoms with Crippen molar-refractivity contribution in [3.05, 3.63) is 0 Å². The molecule has 0 radical (unpaired) electrons. The second kappa shape index (κ2) is 7.25. The largest absolute Gasteiger partial charge is 0.381 e. The fourth-order valence-electron chi connectivity index (χ4n) is 1.95. The van der Waals surface area contributed by atoms with Gasteiger partial charge in [0.15, 0.2) is 0 Å². The van der Waals surface area contributed by atoms with Crippen molar-refractivity contribution in [3.8, 4) is 0 Å². The van der Waals surface area contributed by atoms with Crippen LogP contribution in [0.4, 0.5) is 0 Å². The van der Waals surface area contributed by atoms with Gasteiger partial charge in [-0.05, 0) is 45.1 Å². The van der Waals surface area contributed by atoms with Crippen LogP contribution in [0.25, 0.3) is 0 Å². The molecule has 1 fully saturated rings. The van der Waals surface area contributed by atoms with Gasteiger partial charge < -0.3 is 14.8 Å². The van der Waals surface area contributed by atoms with E-state index in [0.29, 0.717) is 11.5 Å². The highest BCUT2D eigenvalue weighted by Gasteiger charge is 2.26. The average molecular weight is 229 g/mol. The molecule has 1 aliphatic rings. The highest BCUT2D eigenvalue weighted by molar-refractivity contribution is 4.79. The summed E-state index contributed by atoms with van der Waals surface area (Å²) in [7, 11) is 0. The lowest BCUT2D eigenvalue weighted by atomic mass is 9.82. The van der Waals surface area contributed by atoms with Gasteiger partial charge in [0.1, 0.15) is 0 Å². The normalized spacial score (nSPS) is 20.2. The van der Waals surface area contributed by atoms with Gasteiger partial charge in [-0.3, -0.25) is 0 Å². The van der Waals surface area contributed by atoms with Gasteiger partial charge in [-0.2, -0.15) is 0 Å². The number of hydrogen-bond donors (Lipinski definition) is 1. The second-order valence-corrected chi connectivity index (χ2v) is 5.37. The lowest BCUT2D eigenvalue weighted by molar-refractivity contribution is 0.0235. The molecule has 0 spiro atoms. The zero-order valence-electron chi connectivity index (χ0n) is 11.1. The summed E-state index contributed by atoms with van der Waals surface area (Å²) in [4.78, 5) is 0. The topological polar surface area (TPSA) is 30.5 Å². The Morgan fingerprint density at radius 2 is 2.00 bits per heavy atom. The number of nitrogens with one attached hydrogen (secondary N) is 1. The molecular weight excluding hydrogens is 202 g/mol. The van der Waals surface area contributed by atoms with Crippen LogP contribution in [0, 0.1) is 5.41 Å². The van der Waals surface area contributed by atoms with Crippen LogP contribution < -0.4 is 5.32 Å². The van der Waals surface area contributed by atoms with E-state index in [1.807, 2.05) is 0 Å². The van der Waals surface area contributed by atoms with Crippen molar-refractivity contribution in [2.24, 2.45) is 5.41 Å². The van der Waals surface area contributed by atoms with Gasteiger partial charge in [0.05, 0.1) is 6.10 Å². The van der Waals surface area contributed by atoms with E-state index in [-0.39, 0.29) is 0 Å². The van der Waals surface area contributed by atoms with Crippen LogP contribution >= 0.6 is 0 Å². The molecule has 0 amide bonds. The molecule has 0 saturated carbocycles. The SMILES string of the molecule is CC(C)OCCCNCC1(C)CCOCC1. The van der Waals surface area contributed by atoms with E-state index in [0.717, 1.165) is 39.3 Å². The Balaban J connectivity index is 1.97. The summed E-state index contributed by atoms with van der Waals surface area (Å²) in [5.74, 6) is 0. The Hall–Kier alpha value is -0.120. The van der Waals surface area contributed by atoms with Crippen molar-refractivity contribution < 1.29 is 9.47 Å². The molecule has 16 heavy (non-hydrogen) atoms. The molecule has 0 atom stereocenters. The minimum atomic E-state index is 0.355. The Labute approximate surface area is 99.9 Å². The molecule has 1 rings (SSSR count).